The Kier molecular flexibility index (Phi) is 15.8. The van der Waals surface area contributed by atoms with Gasteiger partial charge in [-0.15, -0.1) is 0 Å². The molecule has 21 heavy (non-hydrogen) atoms. The van der Waals surface area contributed by atoms with Crippen molar-refractivity contribution in [3.05, 3.63) is 0 Å². The van der Waals surface area contributed by atoms with Crippen LogP contribution in [0.1, 0.15) is 96.8 Å². The van der Waals surface area contributed by atoms with Crippen LogP contribution in [0.25, 0.3) is 0 Å². The Morgan fingerprint density at radius 2 is 0.905 bits per heavy atom. The Hall–Kier alpha value is 0.530. The minimum atomic E-state index is -3.59. The Balaban J connectivity index is 3.06. The molecule has 0 aliphatic carbocycles. The second kappa shape index (κ2) is 15.4. The van der Waals surface area contributed by atoms with Crippen LogP contribution in [0, 0.1) is 0 Å². The Bertz CT molecular complexity index is 258. The number of hydrogen-bond donors (Lipinski definition) is 3. The molecule has 0 amide bonds. The molecule has 0 unspecified atom stereocenters. The fourth-order valence-electron chi connectivity index (χ4n) is 2.48. The molecule has 3 nitrogen and oxygen atoms in total. The van der Waals surface area contributed by atoms with Gasteiger partial charge in [-0.25, -0.2) is 0 Å². The van der Waals surface area contributed by atoms with Crippen LogP contribution in [0.15, 0.2) is 0 Å². The van der Waals surface area contributed by atoms with E-state index < -0.39 is 6.72 Å². The molecule has 3 N–H and O–H groups in total. The fourth-order valence-corrected chi connectivity index (χ4v) is 4.18. The van der Waals surface area contributed by atoms with Gasteiger partial charge in [-0.1, -0.05) is 84.0 Å². The van der Waals surface area contributed by atoms with Gasteiger partial charge >= 0.3 is 6.72 Å². The molecule has 0 aromatic rings. The summed E-state index contributed by atoms with van der Waals surface area (Å²) in [6.45, 7) is -1.32. The van der Waals surface area contributed by atoms with Gasteiger partial charge in [0, 0.05) is 6.42 Å². The quantitative estimate of drug-likeness (QED) is 0.218. The summed E-state index contributed by atoms with van der Waals surface area (Å²) in [5, 5.41) is 0. The Morgan fingerprint density at radius 3 is 1.24 bits per heavy atom. The minimum Gasteiger partial charge on any atom is -0.290 e. The van der Waals surface area contributed by atoms with Crippen molar-refractivity contribution in [2.45, 2.75) is 96.8 Å². The smallest absolute Gasteiger partial charge is 0.290 e. The van der Waals surface area contributed by atoms with Crippen LogP contribution in [0.3, 0.4) is 0 Å². The zero-order valence-corrected chi connectivity index (χ0v) is 15.5. The summed E-state index contributed by atoms with van der Waals surface area (Å²) in [5.41, 5.74) is 0. The van der Waals surface area contributed by atoms with Gasteiger partial charge in [-0.2, -0.15) is 0 Å². The van der Waals surface area contributed by atoms with Gasteiger partial charge < -0.3 is 0 Å². The molecule has 0 aliphatic rings. The first kappa shape index (κ1) is 21.5. The van der Waals surface area contributed by atoms with Gasteiger partial charge in [-0.3, -0.25) is 14.7 Å². The average molecular weight is 340 g/mol. The molecular weight excluding hydrogens is 303 g/mol. The lowest BCUT2D eigenvalue weighted by molar-refractivity contribution is 0.363. The van der Waals surface area contributed by atoms with Crippen molar-refractivity contribution in [1.29, 1.82) is 0 Å². The van der Waals surface area contributed by atoms with Gasteiger partial charge in [0.1, 0.15) is 0 Å². The summed E-state index contributed by atoms with van der Waals surface area (Å²) in [4.78, 5) is 26.4. The number of rotatable bonds is 15. The first-order valence-electron chi connectivity index (χ1n) is 8.78. The van der Waals surface area contributed by atoms with Gasteiger partial charge in [0.15, 0.2) is 5.75 Å². The molecule has 0 atom stereocenters. The summed E-state index contributed by atoms with van der Waals surface area (Å²) >= 11 is 0. The summed E-state index contributed by atoms with van der Waals surface area (Å²) < 4.78 is 0. The highest BCUT2D eigenvalue weighted by Crippen LogP contribution is 2.31. The molecule has 0 fully saturated rings. The number of unbranched alkanes of at least 4 members (excludes halogenated alkanes) is 13. The first-order valence-corrected chi connectivity index (χ1v) is 12.0. The van der Waals surface area contributed by atoms with Crippen LogP contribution in [0.5, 0.6) is 0 Å². The standard InChI is InChI=1S/C16H36O3PS/c1-2-3-4-5-6-7-8-9-10-11-12-13-14-15-16-21-20(17,18)19/h17-19H,2-16H2,1H3/q+1. The Labute approximate surface area is 135 Å². The highest BCUT2D eigenvalue weighted by molar-refractivity contribution is 8.16. The summed E-state index contributed by atoms with van der Waals surface area (Å²) in [6, 6.07) is 0. The van der Waals surface area contributed by atoms with E-state index >= 15 is 0 Å². The molecule has 0 spiro atoms. The van der Waals surface area contributed by atoms with E-state index in [4.69, 9.17) is 14.7 Å². The molecular formula is C16H36O3PS+. The van der Waals surface area contributed by atoms with Crippen molar-refractivity contribution in [2.75, 3.05) is 5.75 Å². The maximum atomic E-state index is 8.81. The van der Waals surface area contributed by atoms with E-state index in [1.54, 1.807) is 0 Å². The largest absolute Gasteiger partial charge is 0.515 e. The zero-order valence-electron chi connectivity index (χ0n) is 13.8. The lowest BCUT2D eigenvalue weighted by Crippen LogP contribution is -1.87. The predicted octanol–water partition coefficient (Wildman–Crippen LogP) is 5.20. The molecule has 0 heterocycles. The molecule has 128 valence electrons. The second-order valence-electron chi connectivity index (χ2n) is 5.94. The molecule has 0 saturated carbocycles. The number of hydrogen-bond acceptors (Lipinski definition) is 0. The van der Waals surface area contributed by atoms with Gasteiger partial charge in [0.2, 0.25) is 10.9 Å². The monoisotopic (exact) mass is 339 g/mol. The normalized spacial score (nSPS) is 11.8. The molecule has 0 aliphatic heterocycles. The maximum absolute atomic E-state index is 8.81. The van der Waals surface area contributed by atoms with Crippen molar-refractivity contribution < 1.29 is 14.7 Å². The van der Waals surface area contributed by atoms with E-state index in [2.05, 4.69) is 6.92 Å². The van der Waals surface area contributed by atoms with Crippen molar-refractivity contribution in [1.82, 2.24) is 0 Å². The van der Waals surface area contributed by atoms with Crippen LogP contribution in [0.4, 0.5) is 0 Å². The molecule has 0 aromatic carbocycles. The molecule has 0 radical (unpaired) electrons. The van der Waals surface area contributed by atoms with E-state index in [-0.39, 0.29) is 0 Å². The molecule has 0 aromatic heterocycles. The summed E-state index contributed by atoms with van der Waals surface area (Å²) in [5.74, 6) is 0.648. The van der Waals surface area contributed by atoms with Gasteiger partial charge in [0.25, 0.3) is 0 Å². The minimum absolute atomic E-state index is 0.648. The van der Waals surface area contributed by atoms with Crippen LogP contribution >= 0.6 is 6.72 Å². The molecule has 0 saturated heterocycles. The summed E-state index contributed by atoms with van der Waals surface area (Å²) in [7, 11) is 0.896. The van der Waals surface area contributed by atoms with Crippen LogP contribution in [-0.2, 0) is 10.9 Å². The van der Waals surface area contributed by atoms with E-state index in [1.165, 1.54) is 77.0 Å². The average Bonchev–Trinajstić information content (AvgIpc) is 2.42. The topological polar surface area (TPSA) is 60.7 Å². The maximum Gasteiger partial charge on any atom is 0.515 e. The third kappa shape index (κ3) is 20.5. The lowest BCUT2D eigenvalue weighted by atomic mass is 10.0. The van der Waals surface area contributed by atoms with Crippen LogP contribution < -0.4 is 0 Å². The van der Waals surface area contributed by atoms with Crippen molar-refractivity contribution in [2.24, 2.45) is 0 Å². The third-order valence-electron chi connectivity index (χ3n) is 3.76. The summed E-state index contributed by atoms with van der Waals surface area (Å²) in [6.07, 6.45) is 18.5. The first-order chi connectivity index (χ1) is 10.1. The lowest BCUT2D eigenvalue weighted by Gasteiger charge is -2.02. The van der Waals surface area contributed by atoms with E-state index in [9.17, 15) is 0 Å². The van der Waals surface area contributed by atoms with Crippen molar-refractivity contribution in [3.63, 3.8) is 0 Å². The second-order valence-corrected chi connectivity index (χ2v) is 9.88. The van der Waals surface area contributed by atoms with E-state index in [1.807, 2.05) is 0 Å². The van der Waals surface area contributed by atoms with Crippen molar-refractivity contribution >= 4 is 17.7 Å². The van der Waals surface area contributed by atoms with E-state index in [0.717, 1.165) is 23.8 Å². The fraction of sp³-hybridized carbons (Fsp3) is 1.00. The van der Waals surface area contributed by atoms with Gasteiger partial charge in [-0.05, 0) is 6.42 Å². The Morgan fingerprint density at radius 1 is 0.571 bits per heavy atom. The van der Waals surface area contributed by atoms with E-state index in [0.29, 0.717) is 5.75 Å². The van der Waals surface area contributed by atoms with Gasteiger partial charge in [0.05, 0.1) is 0 Å². The van der Waals surface area contributed by atoms with Crippen LogP contribution in [-0.4, -0.2) is 20.4 Å². The van der Waals surface area contributed by atoms with Crippen LogP contribution in [0.2, 0.25) is 0 Å². The molecule has 0 bridgehead atoms. The molecule has 0 rings (SSSR count). The zero-order chi connectivity index (χ0) is 15.8. The SMILES string of the molecule is CCCCCCCCCCCCCCCC[S+]=P(O)(O)O. The predicted molar refractivity (Wildman–Crippen MR) is 96.1 cm³/mol. The third-order valence-corrected chi connectivity index (χ3v) is 6.17. The highest BCUT2D eigenvalue weighted by atomic mass is 32.5. The highest BCUT2D eigenvalue weighted by Gasteiger charge is 2.17. The van der Waals surface area contributed by atoms with Crippen molar-refractivity contribution in [3.8, 4) is 0 Å². The molecule has 5 heteroatoms.